The molecular formula is C25H21NO4S. The summed E-state index contributed by atoms with van der Waals surface area (Å²) in [4.78, 5) is 14.2. The number of benzene rings is 3. The fourth-order valence-corrected chi connectivity index (χ4v) is 4.54. The minimum atomic E-state index is -0.772. The van der Waals surface area contributed by atoms with E-state index in [-0.39, 0.29) is 12.5 Å². The molecule has 0 fully saturated rings. The number of aliphatic hydroxyl groups excluding tert-OH is 1. The van der Waals surface area contributed by atoms with Crippen LogP contribution in [0.4, 0.5) is 0 Å². The van der Waals surface area contributed by atoms with Crippen molar-refractivity contribution in [3.05, 3.63) is 83.2 Å². The number of nitrogens with one attached hydrogen (secondary N) is 1. The largest absolute Gasteiger partial charge is 0.486 e. The van der Waals surface area contributed by atoms with Gasteiger partial charge in [0.05, 0.1) is 11.0 Å². The second kappa shape index (κ2) is 8.41. The second-order valence-electron chi connectivity index (χ2n) is 7.35. The molecule has 0 aliphatic carbocycles. The zero-order valence-corrected chi connectivity index (χ0v) is 17.5. The van der Waals surface area contributed by atoms with Crippen LogP contribution in [0.1, 0.15) is 21.3 Å². The SMILES string of the molecule is O=C(NCC(O)c1ccc2ccccc2c1)c1ccc(-c2ccc3c(c2)OCCO3)s1. The third kappa shape index (κ3) is 4.13. The molecule has 1 amide bonds. The molecule has 3 aromatic carbocycles. The Labute approximate surface area is 183 Å². The Kier molecular flexibility index (Phi) is 5.32. The van der Waals surface area contributed by atoms with Gasteiger partial charge in [0.25, 0.3) is 5.91 Å². The Balaban J connectivity index is 1.25. The molecule has 156 valence electrons. The molecule has 1 aliphatic heterocycles. The number of carbonyl (C=O) groups is 1. The van der Waals surface area contributed by atoms with Crippen LogP contribution in [0.3, 0.4) is 0 Å². The maximum atomic E-state index is 12.6. The normalized spacial score (nSPS) is 13.7. The number of ether oxygens (including phenoxy) is 2. The van der Waals surface area contributed by atoms with Gasteiger partial charge in [-0.25, -0.2) is 0 Å². The van der Waals surface area contributed by atoms with Gasteiger partial charge in [-0.05, 0) is 58.3 Å². The fourth-order valence-electron chi connectivity index (χ4n) is 3.62. The van der Waals surface area contributed by atoms with Crippen molar-refractivity contribution in [3.8, 4) is 21.9 Å². The van der Waals surface area contributed by atoms with Gasteiger partial charge in [-0.1, -0.05) is 36.4 Å². The van der Waals surface area contributed by atoms with E-state index in [1.807, 2.05) is 66.7 Å². The summed E-state index contributed by atoms with van der Waals surface area (Å²) in [5, 5.41) is 15.6. The van der Waals surface area contributed by atoms with Gasteiger partial charge in [0, 0.05) is 11.4 Å². The lowest BCUT2D eigenvalue weighted by atomic mass is 10.0. The molecule has 0 spiro atoms. The molecule has 0 bridgehead atoms. The molecule has 0 saturated carbocycles. The molecule has 0 radical (unpaired) electrons. The third-order valence-electron chi connectivity index (χ3n) is 5.27. The topological polar surface area (TPSA) is 67.8 Å². The minimum Gasteiger partial charge on any atom is -0.486 e. The van der Waals surface area contributed by atoms with Crippen LogP contribution >= 0.6 is 11.3 Å². The van der Waals surface area contributed by atoms with Crippen LogP contribution in [0.5, 0.6) is 11.5 Å². The summed E-state index contributed by atoms with van der Waals surface area (Å²) in [5.74, 6) is 1.27. The van der Waals surface area contributed by atoms with E-state index >= 15 is 0 Å². The summed E-state index contributed by atoms with van der Waals surface area (Å²) in [7, 11) is 0. The zero-order valence-electron chi connectivity index (χ0n) is 16.7. The van der Waals surface area contributed by atoms with Crippen molar-refractivity contribution in [3.63, 3.8) is 0 Å². The molecule has 6 heteroatoms. The summed E-state index contributed by atoms with van der Waals surface area (Å²) in [6.45, 7) is 1.24. The van der Waals surface area contributed by atoms with E-state index in [4.69, 9.17) is 9.47 Å². The number of thiophene rings is 1. The average molecular weight is 432 g/mol. The molecule has 0 saturated heterocycles. The van der Waals surface area contributed by atoms with E-state index in [2.05, 4.69) is 5.32 Å². The van der Waals surface area contributed by atoms with Gasteiger partial charge in [-0.3, -0.25) is 4.79 Å². The highest BCUT2D eigenvalue weighted by Gasteiger charge is 2.16. The maximum Gasteiger partial charge on any atom is 0.261 e. The summed E-state index contributed by atoms with van der Waals surface area (Å²) < 4.78 is 11.2. The highest BCUT2D eigenvalue weighted by atomic mass is 32.1. The lowest BCUT2D eigenvalue weighted by molar-refractivity contribution is 0.0920. The first-order valence-corrected chi connectivity index (χ1v) is 10.9. The van der Waals surface area contributed by atoms with E-state index in [1.165, 1.54) is 11.3 Å². The highest BCUT2D eigenvalue weighted by Crippen LogP contribution is 2.36. The van der Waals surface area contributed by atoms with E-state index < -0.39 is 6.10 Å². The lowest BCUT2D eigenvalue weighted by Gasteiger charge is -2.18. The van der Waals surface area contributed by atoms with E-state index in [9.17, 15) is 9.90 Å². The lowest BCUT2D eigenvalue weighted by Crippen LogP contribution is -2.27. The van der Waals surface area contributed by atoms with Crippen molar-refractivity contribution in [1.29, 1.82) is 0 Å². The number of amides is 1. The van der Waals surface area contributed by atoms with Gasteiger partial charge >= 0.3 is 0 Å². The second-order valence-corrected chi connectivity index (χ2v) is 8.44. The quantitative estimate of drug-likeness (QED) is 0.476. The molecule has 2 N–H and O–H groups in total. The molecule has 5 nitrogen and oxygen atoms in total. The molecule has 2 heterocycles. The van der Waals surface area contributed by atoms with Crippen molar-refractivity contribution < 1.29 is 19.4 Å². The molecule has 1 aliphatic rings. The van der Waals surface area contributed by atoms with Crippen LogP contribution in [0.2, 0.25) is 0 Å². The van der Waals surface area contributed by atoms with E-state index in [0.717, 1.165) is 38.3 Å². The minimum absolute atomic E-state index is 0.147. The molecule has 5 rings (SSSR count). The summed E-state index contributed by atoms with van der Waals surface area (Å²) >= 11 is 1.40. The van der Waals surface area contributed by atoms with Gasteiger partial charge in [0.1, 0.15) is 13.2 Å². The molecule has 1 aromatic heterocycles. The van der Waals surface area contributed by atoms with E-state index in [0.29, 0.717) is 18.1 Å². The van der Waals surface area contributed by atoms with Gasteiger partial charge in [0.15, 0.2) is 11.5 Å². The van der Waals surface area contributed by atoms with Crippen LogP contribution in [0.15, 0.2) is 72.8 Å². The summed E-state index contributed by atoms with van der Waals surface area (Å²) in [5.41, 5.74) is 1.76. The summed E-state index contributed by atoms with van der Waals surface area (Å²) in [6.07, 6.45) is -0.772. The Morgan fingerprint density at radius 2 is 1.74 bits per heavy atom. The standard InChI is InChI=1S/C25H21NO4S/c27-20(18-6-5-16-3-1-2-4-17(16)13-18)15-26-25(28)24-10-9-23(31-24)19-7-8-21-22(14-19)30-12-11-29-21/h1-10,13-14,20,27H,11-12,15H2,(H,26,28). The van der Waals surface area contributed by atoms with E-state index in [1.54, 1.807) is 6.07 Å². The molecule has 1 atom stereocenters. The monoisotopic (exact) mass is 431 g/mol. The number of hydrogen-bond donors (Lipinski definition) is 2. The van der Waals surface area contributed by atoms with Gasteiger partial charge < -0.3 is 19.9 Å². The van der Waals surface area contributed by atoms with Crippen LogP contribution in [0.25, 0.3) is 21.2 Å². The zero-order chi connectivity index (χ0) is 21.2. The predicted octanol–water partition coefficient (Wildman–Crippen LogP) is 4.80. The van der Waals surface area contributed by atoms with Crippen molar-refractivity contribution in [2.24, 2.45) is 0 Å². The summed E-state index contributed by atoms with van der Waals surface area (Å²) in [6, 6.07) is 23.3. The van der Waals surface area contributed by atoms with Gasteiger partial charge in [0.2, 0.25) is 0 Å². The van der Waals surface area contributed by atoms with Crippen LogP contribution in [0, 0.1) is 0 Å². The van der Waals surface area contributed by atoms with Gasteiger partial charge in [-0.2, -0.15) is 0 Å². The van der Waals surface area contributed by atoms with Crippen LogP contribution in [-0.4, -0.2) is 30.8 Å². The smallest absolute Gasteiger partial charge is 0.261 e. The molecule has 31 heavy (non-hydrogen) atoms. The van der Waals surface area contributed by atoms with Crippen LogP contribution in [-0.2, 0) is 0 Å². The van der Waals surface area contributed by atoms with Crippen molar-refractivity contribution >= 4 is 28.0 Å². The predicted molar refractivity (Wildman–Crippen MR) is 122 cm³/mol. The first-order valence-electron chi connectivity index (χ1n) is 10.1. The van der Waals surface area contributed by atoms with Crippen molar-refractivity contribution in [1.82, 2.24) is 5.32 Å². The van der Waals surface area contributed by atoms with Crippen molar-refractivity contribution in [2.75, 3.05) is 19.8 Å². The average Bonchev–Trinajstić information content (AvgIpc) is 3.32. The first-order chi connectivity index (χ1) is 15.2. The maximum absolute atomic E-state index is 12.6. The molecule has 1 unspecified atom stereocenters. The number of fused-ring (bicyclic) bond motifs is 2. The fraction of sp³-hybridized carbons (Fsp3) is 0.160. The van der Waals surface area contributed by atoms with Crippen LogP contribution < -0.4 is 14.8 Å². The third-order valence-corrected chi connectivity index (χ3v) is 6.40. The highest BCUT2D eigenvalue weighted by molar-refractivity contribution is 7.17. The molecule has 4 aromatic rings. The number of hydrogen-bond acceptors (Lipinski definition) is 5. The Morgan fingerprint density at radius 1 is 0.935 bits per heavy atom. The first kappa shape index (κ1) is 19.6. The Bertz CT molecular complexity index is 1250. The number of rotatable bonds is 5. The number of aliphatic hydroxyl groups is 1. The van der Waals surface area contributed by atoms with Gasteiger partial charge in [-0.15, -0.1) is 11.3 Å². The Hall–Kier alpha value is -3.35. The number of carbonyl (C=O) groups excluding carboxylic acids is 1. The molecular weight excluding hydrogens is 410 g/mol. The Morgan fingerprint density at radius 3 is 2.61 bits per heavy atom. The van der Waals surface area contributed by atoms with Crippen molar-refractivity contribution in [2.45, 2.75) is 6.10 Å².